The molecule has 0 N–H and O–H groups in total. The molecule has 0 aliphatic heterocycles. The van der Waals surface area contributed by atoms with E-state index in [9.17, 15) is 0 Å². The van der Waals surface area contributed by atoms with Crippen LogP contribution in [0.3, 0.4) is 0 Å². The van der Waals surface area contributed by atoms with E-state index in [2.05, 4.69) is 204 Å². The Hall–Kier alpha value is -6.38. The molecule has 0 unspecified atom stereocenters. The number of rotatable bonds is 6. The summed E-state index contributed by atoms with van der Waals surface area (Å²) in [6.07, 6.45) is 0. The van der Waals surface area contributed by atoms with E-state index in [1.165, 1.54) is 54.8 Å². The average molecular weight is 613 g/mol. The molecule has 8 aromatic carbocycles. The molecule has 226 valence electrons. The molecule has 2 nitrogen and oxygen atoms in total. The predicted molar refractivity (Wildman–Crippen MR) is 204 cm³/mol. The quantitative estimate of drug-likeness (QED) is 0.181. The third kappa shape index (κ3) is 4.83. The molecule has 48 heavy (non-hydrogen) atoms. The van der Waals surface area contributed by atoms with Gasteiger partial charge in [0.15, 0.2) is 0 Å². The van der Waals surface area contributed by atoms with Gasteiger partial charge < -0.3 is 9.47 Å². The maximum atomic E-state index is 2.44. The lowest BCUT2D eigenvalue weighted by Crippen LogP contribution is -2.10. The Labute approximate surface area is 280 Å². The maximum absolute atomic E-state index is 2.44. The topological polar surface area (TPSA) is 8.17 Å². The summed E-state index contributed by atoms with van der Waals surface area (Å²) in [7, 11) is 0. The van der Waals surface area contributed by atoms with Gasteiger partial charge in [-0.3, -0.25) is 0 Å². The number of benzene rings is 8. The van der Waals surface area contributed by atoms with Gasteiger partial charge in [-0.25, -0.2) is 0 Å². The lowest BCUT2D eigenvalue weighted by molar-refractivity contribution is 1.18. The summed E-state index contributed by atoms with van der Waals surface area (Å²) < 4.78 is 2.44. The van der Waals surface area contributed by atoms with Gasteiger partial charge in [-0.1, -0.05) is 146 Å². The summed E-state index contributed by atoms with van der Waals surface area (Å²) >= 11 is 0. The van der Waals surface area contributed by atoms with Crippen molar-refractivity contribution in [2.75, 3.05) is 4.90 Å². The van der Waals surface area contributed by atoms with E-state index in [1.54, 1.807) is 0 Å². The molecular formula is C46H32N2. The van der Waals surface area contributed by atoms with Crippen LogP contribution in [0.2, 0.25) is 0 Å². The van der Waals surface area contributed by atoms with E-state index in [1.807, 2.05) is 0 Å². The minimum absolute atomic E-state index is 1.10. The summed E-state index contributed by atoms with van der Waals surface area (Å²) in [5.74, 6) is 0. The lowest BCUT2D eigenvalue weighted by Gasteiger charge is -2.26. The van der Waals surface area contributed by atoms with Crippen LogP contribution in [0.25, 0.3) is 60.5 Å². The van der Waals surface area contributed by atoms with Crippen molar-refractivity contribution in [2.24, 2.45) is 0 Å². The fourth-order valence-electron chi connectivity index (χ4n) is 7.07. The number of hydrogen-bond donors (Lipinski definition) is 0. The van der Waals surface area contributed by atoms with Gasteiger partial charge in [0.25, 0.3) is 0 Å². The average Bonchev–Trinajstić information content (AvgIpc) is 3.51. The molecule has 1 heterocycles. The Morgan fingerprint density at radius 3 is 1.42 bits per heavy atom. The van der Waals surface area contributed by atoms with Crippen molar-refractivity contribution in [3.8, 4) is 27.9 Å². The highest BCUT2D eigenvalue weighted by Crippen LogP contribution is 2.42. The normalized spacial score (nSPS) is 11.3. The molecule has 0 fully saturated rings. The van der Waals surface area contributed by atoms with Gasteiger partial charge in [-0.05, 0) is 76.2 Å². The van der Waals surface area contributed by atoms with Crippen molar-refractivity contribution in [3.05, 3.63) is 194 Å². The molecule has 0 radical (unpaired) electrons. The first-order valence-electron chi connectivity index (χ1n) is 16.4. The SMILES string of the molecule is c1ccc(-c2ccc(N(c3ccc(-c4ccccc4)cc3)c3ccc4c5ccc6ccccc6c5n(-c5ccccc5)c4c3)cc2)cc1. The highest BCUT2D eigenvalue weighted by Gasteiger charge is 2.19. The van der Waals surface area contributed by atoms with Crippen LogP contribution in [-0.4, -0.2) is 4.57 Å². The minimum atomic E-state index is 1.10. The number of fused-ring (bicyclic) bond motifs is 5. The molecule has 0 atom stereocenters. The van der Waals surface area contributed by atoms with E-state index in [0.29, 0.717) is 0 Å². The lowest BCUT2D eigenvalue weighted by atomic mass is 10.0. The van der Waals surface area contributed by atoms with Crippen LogP contribution in [0.1, 0.15) is 0 Å². The third-order valence-electron chi connectivity index (χ3n) is 9.37. The van der Waals surface area contributed by atoms with Gasteiger partial charge in [0, 0.05) is 38.9 Å². The van der Waals surface area contributed by atoms with Gasteiger partial charge in [0.2, 0.25) is 0 Å². The van der Waals surface area contributed by atoms with Crippen molar-refractivity contribution < 1.29 is 0 Å². The van der Waals surface area contributed by atoms with Gasteiger partial charge in [0.05, 0.1) is 11.0 Å². The van der Waals surface area contributed by atoms with Crippen LogP contribution in [-0.2, 0) is 0 Å². The van der Waals surface area contributed by atoms with Crippen LogP contribution < -0.4 is 4.90 Å². The van der Waals surface area contributed by atoms with Gasteiger partial charge in [0.1, 0.15) is 0 Å². The zero-order valence-corrected chi connectivity index (χ0v) is 26.4. The van der Waals surface area contributed by atoms with E-state index in [-0.39, 0.29) is 0 Å². The fourth-order valence-corrected chi connectivity index (χ4v) is 7.07. The maximum Gasteiger partial charge on any atom is 0.0619 e. The molecule has 0 aliphatic rings. The number of para-hydroxylation sites is 1. The molecule has 9 rings (SSSR count). The summed E-state index contributed by atoms with van der Waals surface area (Å²) in [5.41, 5.74) is 11.7. The molecule has 1 aromatic heterocycles. The Morgan fingerprint density at radius 1 is 0.333 bits per heavy atom. The minimum Gasteiger partial charge on any atom is -0.310 e. The second-order valence-corrected chi connectivity index (χ2v) is 12.2. The number of aromatic nitrogens is 1. The summed E-state index contributed by atoms with van der Waals surface area (Å²) in [4.78, 5) is 2.37. The Kier molecular flexibility index (Phi) is 6.84. The van der Waals surface area contributed by atoms with E-state index < -0.39 is 0 Å². The van der Waals surface area contributed by atoms with Gasteiger partial charge in [-0.2, -0.15) is 0 Å². The molecule has 0 aliphatic carbocycles. The smallest absolute Gasteiger partial charge is 0.0619 e. The highest BCUT2D eigenvalue weighted by molar-refractivity contribution is 6.19. The first-order valence-corrected chi connectivity index (χ1v) is 16.4. The Bertz CT molecular complexity index is 2430. The highest BCUT2D eigenvalue weighted by atomic mass is 15.1. The zero-order valence-electron chi connectivity index (χ0n) is 26.4. The van der Waals surface area contributed by atoms with Crippen LogP contribution in [0.5, 0.6) is 0 Å². The summed E-state index contributed by atoms with van der Waals surface area (Å²) in [6, 6.07) is 69.8. The van der Waals surface area contributed by atoms with E-state index in [4.69, 9.17) is 0 Å². The molecule has 0 saturated heterocycles. The van der Waals surface area contributed by atoms with Gasteiger partial charge >= 0.3 is 0 Å². The fraction of sp³-hybridized carbons (Fsp3) is 0. The molecule has 9 aromatic rings. The molecule has 0 spiro atoms. The second-order valence-electron chi connectivity index (χ2n) is 12.2. The van der Waals surface area contributed by atoms with Crippen molar-refractivity contribution in [1.29, 1.82) is 0 Å². The molecule has 0 saturated carbocycles. The van der Waals surface area contributed by atoms with Crippen LogP contribution in [0.4, 0.5) is 17.1 Å². The zero-order chi connectivity index (χ0) is 31.9. The summed E-state index contributed by atoms with van der Waals surface area (Å²) in [6.45, 7) is 0. The van der Waals surface area contributed by atoms with Gasteiger partial charge in [-0.15, -0.1) is 0 Å². The Balaban J connectivity index is 1.26. The van der Waals surface area contributed by atoms with E-state index >= 15 is 0 Å². The molecule has 2 heteroatoms. The van der Waals surface area contributed by atoms with Crippen molar-refractivity contribution in [3.63, 3.8) is 0 Å². The van der Waals surface area contributed by atoms with Crippen molar-refractivity contribution in [2.45, 2.75) is 0 Å². The number of hydrogen-bond acceptors (Lipinski definition) is 1. The molecule has 0 bridgehead atoms. The van der Waals surface area contributed by atoms with Crippen LogP contribution in [0, 0.1) is 0 Å². The van der Waals surface area contributed by atoms with E-state index in [0.717, 1.165) is 22.7 Å². The largest absolute Gasteiger partial charge is 0.310 e. The number of anilines is 3. The summed E-state index contributed by atoms with van der Waals surface area (Å²) in [5, 5.41) is 4.98. The number of nitrogens with zero attached hydrogens (tertiary/aromatic N) is 2. The standard InChI is InChI=1S/C46H32N2/c1-4-12-33(13-5-1)35-20-25-39(26-21-35)47(40-27-22-36(23-28-40)34-14-6-2-7-15-34)41-29-31-43-44-30-24-37-16-10-11-19-42(37)46(44)48(45(43)32-41)38-17-8-3-9-18-38/h1-32H. The van der Waals surface area contributed by atoms with Crippen molar-refractivity contribution >= 4 is 49.6 Å². The predicted octanol–water partition coefficient (Wildman–Crippen LogP) is 12.7. The third-order valence-corrected chi connectivity index (χ3v) is 9.37. The van der Waals surface area contributed by atoms with Crippen LogP contribution in [0.15, 0.2) is 194 Å². The van der Waals surface area contributed by atoms with Crippen molar-refractivity contribution in [1.82, 2.24) is 4.57 Å². The monoisotopic (exact) mass is 612 g/mol. The molecular weight excluding hydrogens is 581 g/mol. The Morgan fingerprint density at radius 2 is 0.812 bits per heavy atom. The van der Waals surface area contributed by atoms with Crippen LogP contribution >= 0.6 is 0 Å². The molecule has 0 amide bonds. The first kappa shape index (κ1) is 27.9. The second kappa shape index (κ2) is 11.8. The first-order chi connectivity index (χ1) is 23.8.